The van der Waals surface area contributed by atoms with Crippen molar-refractivity contribution in [3.63, 3.8) is 0 Å². The molecule has 0 aliphatic carbocycles. The van der Waals surface area contributed by atoms with Crippen molar-refractivity contribution in [3.8, 4) is 0 Å². The maximum absolute atomic E-state index is 13.6. The quantitative estimate of drug-likeness (QED) is 0.816. The van der Waals surface area contributed by atoms with E-state index < -0.39 is 0 Å². The molecule has 0 spiro atoms. The van der Waals surface area contributed by atoms with Gasteiger partial charge in [-0.05, 0) is 17.9 Å². The second-order valence-corrected chi connectivity index (χ2v) is 5.42. The molecule has 16 heavy (non-hydrogen) atoms. The summed E-state index contributed by atoms with van der Waals surface area (Å²) < 4.78 is 13.6. The van der Waals surface area contributed by atoms with Crippen molar-refractivity contribution in [2.45, 2.75) is 40.2 Å². The number of halogens is 1. The first-order chi connectivity index (χ1) is 7.44. The SMILES string of the molecule is CCC(NCC(C)(C)C)c1ccccc1F. The molecule has 0 heterocycles. The van der Waals surface area contributed by atoms with Gasteiger partial charge in [0.05, 0.1) is 0 Å². The van der Waals surface area contributed by atoms with Gasteiger partial charge in [0.15, 0.2) is 0 Å². The third-order valence-electron chi connectivity index (χ3n) is 2.57. The molecule has 0 radical (unpaired) electrons. The van der Waals surface area contributed by atoms with Crippen molar-refractivity contribution in [3.05, 3.63) is 35.6 Å². The Bertz CT molecular complexity index is 328. The van der Waals surface area contributed by atoms with Crippen LogP contribution in [0.4, 0.5) is 4.39 Å². The molecule has 0 aromatic heterocycles. The van der Waals surface area contributed by atoms with Gasteiger partial charge in [-0.1, -0.05) is 45.9 Å². The van der Waals surface area contributed by atoms with Crippen LogP contribution in [0.5, 0.6) is 0 Å². The predicted octanol–water partition coefficient (Wildman–Crippen LogP) is 3.91. The van der Waals surface area contributed by atoms with E-state index in [-0.39, 0.29) is 17.3 Å². The van der Waals surface area contributed by atoms with Crippen molar-refractivity contribution in [2.75, 3.05) is 6.54 Å². The van der Waals surface area contributed by atoms with E-state index >= 15 is 0 Å². The van der Waals surface area contributed by atoms with E-state index in [9.17, 15) is 4.39 Å². The predicted molar refractivity (Wildman–Crippen MR) is 66.9 cm³/mol. The minimum Gasteiger partial charge on any atom is -0.309 e. The molecule has 0 bridgehead atoms. The minimum atomic E-state index is -0.115. The fourth-order valence-corrected chi connectivity index (χ4v) is 1.66. The van der Waals surface area contributed by atoms with Crippen LogP contribution in [0.15, 0.2) is 24.3 Å². The molecular weight excluding hydrogens is 201 g/mol. The van der Waals surface area contributed by atoms with Gasteiger partial charge in [-0.15, -0.1) is 0 Å². The molecule has 0 saturated carbocycles. The molecule has 2 heteroatoms. The first-order valence-corrected chi connectivity index (χ1v) is 5.92. The van der Waals surface area contributed by atoms with E-state index in [1.807, 2.05) is 12.1 Å². The molecule has 0 aliphatic rings. The van der Waals surface area contributed by atoms with Gasteiger partial charge in [-0.25, -0.2) is 4.39 Å². The highest BCUT2D eigenvalue weighted by Gasteiger charge is 2.16. The maximum Gasteiger partial charge on any atom is 0.127 e. The Morgan fingerprint density at radius 3 is 2.38 bits per heavy atom. The van der Waals surface area contributed by atoms with Gasteiger partial charge in [0.2, 0.25) is 0 Å². The molecule has 1 N–H and O–H groups in total. The number of hydrogen-bond acceptors (Lipinski definition) is 1. The Labute approximate surface area is 98.1 Å². The zero-order chi connectivity index (χ0) is 12.2. The highest BCUT2D eigenvalue weighted by molar-refractivity contribution is 5.21. The smallest absolute Gasteiger partial charge is 0.127 e. The number of hydrogen-bond donors (Lipinski definition) is 1. The standard InChI is InChI=1S/C14H22FN/c1-5-13(16-10-14(2,3)4)11-8-6-7-9-12(11)15/h6-9,13,16H,5,10H2,1-4H3. The Morgan fingerprint density at radius 2 is 1.88 bits per heavy atom. The van der Waals surface area contributed by atoms with Gasteiger partial charge in [-0.3, -0.25) is 0 Å². The van der Waals surface area contributed by atoms with Gasteiger partial charge in [-0.2, -0.15) is 0 Å². The summed E-state index contributed by atoms with van der Waals surface area (Å²) in [6, 6.07) is 7.12. The molecule has 0 saturated heterocycles. The molecule has 1 nitrogen and oxygen atoms in total. The van der Waals surface area contributed by atoms with E-state index in [1.54, 1.807) is 6.07 Å². The van der Waals surface area contributed by atoms with Crippen LogP contribution in [-0.2, 0) is 0 Å². The highest BCUT2D eigenvalue weighted by Crippen LogP contribution is 2.21. The zero-order valence-corrected chi connectivity index (χ0v) is 10.7. The van der Waals surface area contributed by atoms with E-state index in [0.29, 0.717) is 0 Å². The summed E-state index contributed by atoms with van der Waals surface area (Å²) in [7, 11) is 0. The fraction of sp³-hybridized carbons (Fsp3) is 0.571. The average Bonchev–Trinajstić information content (AvgIpc) is 2.20. The Balaban J connectivity index is 2.72. The first kappa shape index (κ1) is 13.2. The lowest BCUT2D eigenvalue weighted by Crippen LogP contribution is -2.30. The zero-order valence-electron chi connectivity index (χ0n) is 10.7. The summed E-state index contributed by atoms with van der Waals surface area (Å²) in [6.07, 6.45) is 0.900. The van der Waals surface area contributed by atoms with Crippen LogP contribution < -0.4 is 5.32 Å². The van der Waals surface area contributed by atoms with Crippen LogP contribution >= 0.6 is 0 Å². The third-order valence-corrected chi connectivity index (χ3v) is 2.57. The average molecular weight is 223 g/mol. The maximum atomic E-state index is 13.6. The van der Waals surface area contributed by atoms with Gasteiger partial charge in [0.1, 0.15) is 5.82 Å². The fourth-order valence-electron chi connectivity index (χ4n) is 1.66. The van der Waals surface area contributed by atoms with Crippen molar-refractivity contribution in [1.29, 1.82) is 0 Å². The van der Waals surface area contributed by atoms with E-state index in [1.165, 1.54) is 6.07 Å². The van der Waals surface area contributed by atoms with Crippen molar-refractivity contribution >= 4 is 0 Å². The number of nitrogens with one attached hydrogen (secondary N) is 1. The van der Waals surface area contributed by atoms with Crippen LogP contribution in [0.2, 0.25) is 0 Å². The van der Waals surface area contributed by atoms with Crippen LogP contribution in [0.25, 0.3) is 0 Å². The molecule has 1 aromatic rings. The highest BCUT2D eigenvalue weighted by atomic mass is 19.1. The Kier molecular flexibility index (Phi) is 4.48. The summed E-state index contributed by atoms with van der Waals surface area (Å²) >= 11 is 0. The molecule has 1 rings (SSSR count). The first-order valence-electron chi connectivity index (χ1n) is 5.92. The van der Waals surface area contributed by atoms with E-state index in [2.05, 4.69) is 33.0 Å². The van der Waals surface area contributed by atoms with Gasteiger partial charge >= 0.3 is 0 Å². The van der Waals surface area contributed by atoms with Gasteiger partial charge in [0.25, 0.3) is 0 Å². The van der Waals surface area contributed by atoms with Crippen LogP contribution in [0.3, 0.4) is 0 Å². The largest absolute Gasteiger partial charge is 0.309 e. The van der Waals surface area contributed by atoms with Crippen molar-refractivity contribution in [1.82, 2.24) is 5.32 Å². The van der Waals surface area contributed by atoms with Crippen LogP contribution in [0.1, 0.15) is 45.7 Å². The van der Waals surface area contributed by atoms with Crippen LogP contribution in [-0.4, -0.2) is 6.54 Å². The van der Waals surface area contributed by atoms with Crippen molar-refractivity contribution < 1.29 is 4.39 Å². The molecule has 90 valence electrons. The Hall–Kier alpha value is -0.890. The van der Waals surface area contributed by atoms with E-state index in [4.69, 9.17) is 0 Å². The topological polar surface area (TPSA) is 12.0 Å². The second kappa shape index (κ2) is 5.44. The lowest BCUT2D eigenvalue weighted by molar-refractivity contribution is 0.345. The van der Waals surface area contributed by atoms with E-state index in [0.717, 1.165) is 18.5 Å². The number of benzene rings is 1. The van der Waals surface area contributed by atoms with Crippen LogP contribution in [0, 0.1) is 11.2 Å². The Morgan fingerprint density at radius 1 is 1.25 bits per heavy atom. The second-order valence-electron chi connectivity index (χ2n) is 5.42. The lowest BCUT2D eigenvalue weighted by Gasteiger charge is -2.24. The molecule has 1 aromatic carbocycles. The third kappa shape index (κ3) is 3.93. The summed E-state index contributed by atoms with van der Waals surface area (Å²) in [6.45, 7) is 9.49. The molecule has 1 unspecified atom stereocenters. The van der Waals surface area contributed by atoms with Gasteiger partial charge < -0.3 is 5.32 Å². The normalized spacial score (nSPS) is 13.8. The molecule has 1 atom stereocenters. The summed E-state index contributed by atoms with van der Waals surface area (Å²) in [5.41, 5.74) is 0.993. The molecule has 0 aliphatic heterocycles. The molecule has 0 fully saturated rings. The van der Waals surface area contributed by atoms with Gasteiger partial charge in [0, 0.05) is 18.2 Å². The monoisotopic (exact) mass is 223 g/mol. The molecular formula is C14H22FN. The van der Waals surface area contributed by atoms with Crippen molar-refractivity contribution in [2.24, 2.45) is 5.41 Å². The minimum absolute atomic E-state index is 0.112. The summed E-state index contributed by atoms with van der Waals surface area (Å²) in [4.78, 5) is 0. The number of rotatable bonds is 4. The summed E-state index contributed by atoms with van der Waals surface area (Å²) in [5.74, 6) is -0.115. The lowest BCUT2D eigenvalue weighted by atomic mass is 9.95. The summed E-state index contributed by atoms with van der Waals surface area (Å²) in [5, 5.41) is 3.43. The molecule has 0 amide bonds.